The highest BCUT2D eigenvalue weighted by Crippen LogP contribution is 2.24. The number of para-hydroxylation sites is 1. The van der Waals surface area contributed by atoms with Crippen molar-refractivity contribution >= 4 is 45.4 Å². The van der Waals surface area contributed by atoms with Gasteiger partial charge in [-0.3, -0.25) is 14.9 Å². The third kappa shape index (κ3) is 6.90. The fraction of sp³-hybridized carbons (Fsp3) is 0.375. The zero-order valence-corrected chi connectivity index (χ0v) is 20.0. The fourth-order valence-corrected chi connectivity index (χ4v) is 5.05. The molecule has 0 aliphatic heterocycles. The zero-order valence-electron chi connectivity index (χ0n) is 18.4. The van der Waals surface area contributed by atoms with Gasteiger partial charge in [-0.25, -0.2) is 4.98 Å². The molecule has 0 bridgehead atoms. The Labute approximate surface area is 196 Å². The minimum atomic E-state index is -0.944. The molecule has 0 aliphatic rings. The van der Waals surface area contributed by atoms with Crippen LogP contribution in [0.5, 0.6) is 0 Å². The van der Waals surface area contributed by atoms with E-state index >= 15 is 0 Å². The number of hydrogen-bond acceptors (Lipinski definition) is 6. The van der Waals surface area contributed by atoms with Gasteiger partial charge in [-0.15, -0.1) is 22.7 Å². The quantitative estimate of drug-likeness (QED) is 0.298. The molecule has 0 fully saturated rings. The minimum Gasteiger partial charge on any atom is -0.481 e. The summed E-state index contributed by atoms with van der Waals surface area (Å²) in [7, 11) is 0. The Morgan fingerprint density at radius 3 is 2.66 bits per heavy atom. The largest absolute Gasteiger partial charge is 0.481 e. The van der Waals surface area contributed by atoms with Gasteiger partial charge in [0.25, 0.3) is 5.91 Å². The Bertz CT molecular complexity index is 1040. The number of carbonyl (C=O) groups excluding carboxylic acids is 1. The van der Waals surface area contributed by atoms with Gasteiger partial charge in [-0.05, 0) is 42.5 Å². The van der Waals surface area contributed by atoms with Crippen molar-refractivity contribution in [1.29, 1.82) is 0 Å². The van der Waals surface area contributed by atoms with Crippen molar-refractivity contribution in [2.75, 3.05) is 10.6 Å². The summed E-state index contributed by atoms with van der Waals surface area (Å²) in [5, 5.41) is 17.2. The molecule has 3 aromatic rings. The van der Waals surface area contributed by atoms with Crippen molar-refractivity contribution in [3.8, 4) is 0 Å². The van der Waals surface area contributed by atoms with Crippen LogP contribution in [-0.4, -0.2) is 22.0 Å². The number of anilines is 2. The van der Waals surface area contributed by atoms with Crippen molar-refractivity contribution in [2.45, 2.75) is 52.5 Å². The van der Waals surface area contributed by atoms with E-state index in [1.54, 1.807) is 5.38 Å². The molecule has 1 aromatic carbocycles. The Hall–Kier alpha value is -2.71. The van der Waals surface area contributed by atoms with E-state index in [-0.39, 0.29) is 12.3 Å². The maximum absolute atomic E-state index is 12.5. The average Bonchev–Trinajstić information content (AvgIpc) is 3.43. The lowest BCUT2D eigenvalue weighted by molar-refractivity contribution is -0.136. The van der Waals surface area contributed by atoms with Crippen molar-refractivity contribution in [1.82, 2.24) is 4.98 Å². The predicted octanol–water partition coefficient (Wildman–Crippen LogP) is 6.06. The number of carbonyl (C=O) groups is 2. The summed E-state index contributed by atoms with van der Waals surface area (Å²) < 4.78 is 0. The van der Waals surface area contributed by atoms with Crippen molar-refractivity contribution < 1.29 is 14.7 Å². The molecular formula is C24H29N3O3S2. The highest BCUT2D eigenvalue weighted by molar-refractivity contribution is 7.15. The monoisotopic (exact) mass is 471 g/mol. The SMILES string of the molecule is CCC(CC)CCc1ccccc1NCc1ccc(C(=O)Nc2nc(CC(=O)O)cs2)s1. The highest BCUT2D eigenvalue weighted by atomic mass is 32.1. The summed E-state index contributed by atoms with van der Waals surface area (Å²) in [4.78, 5) is 29.1. The lowest BCUT2D eigenvalue weighted by atomic mass is 9.94. The molecule has 2 heterocycles. The Balaban J connectivity index is 1.56. The van der Waals surface area contributed by atoms with Gasteiger partial charge in [-0.1, -0.05) is 44.9 Å². The second-order valence-electron chi connectivity index (χ2n) is 7.67. The Morgan fingerprint density at radius 1 is 1.12 bits per heavy atom. The Morgan fingerprint density at radius 2 is 1.91 bits per heavy atom. The van der Waals surface area contributed by atoms with Crippen LogP contribution in [0.1, 0.15) is 58.9 Å². The van der Waals surface area contributed by atoms with E-state index in [0.29, 0.717) is 22.2 Å². The molecule has 3 N–H and O–H groups in total. The summed E-state index contributed by atoms with van der Waals surface area (Å²) in [5.41, 5.74) is 2.91. The lowest BCUT2D eigenvalue weighted by Crippen LogP contribution is -2.10. The summed E-state index contributed by atoms with van der Waals surface area (Å²) in [6, 6.07) is 12.2. The number of amides is 1. The molecule has 0 atom stereocenters. The Kier molecular flexibility index (Phi) is 8.81. The van der Waals surface area contributed by atoms with Gasteiger partial charge in [0.15, 0.2) is 5.13 Å². The van der Waals surface area contributed by atoms with Crippen LogP contribution >= 0.6 is 22.7 Å². The fourth-order valence-electron chi connectivity index (χ4n) is 3.50. The summed E-state index contributed by atoms with van der Waals surface area (Å²) in [6.07, 6.45) is 4.54. The van der Waals surface area contributed by atoms with Gasteiger partial charge in [0.1, 0.15) is 0 Å². The first-order valence-corrected chi connectivity index (χ1v) is 12.6. The molecule has 8 heteroatoms. The summed E-state index contributed by atoms with van der Waals surface area (Å²) >= 11 is 2.66. The van der Waals surface area contributed by atoms with Crippen LogP contribution in [0.4, 0.5) is 10.8 Å². The number of carboxylic acids is 1. The number of hydrogen-bond donors (Lipinski definition) is 3. The van der Waals surface area contributed by atoms with E-state index in [0.717, 1.165) is 22.9 Å². The molecule has 3 rings (SSSR count). The minimum absolute atomic E-state index is 0.153. The molecule has 0 aliphatic carbocycles. The molecule has 0 spiro atoms. The number of thiophene rings is 1. The predicted molar refractivity (Wildman–Crippen MR) is 132 cm³/mol. The molecule has 32 heavy (non-hydrogen) atoms. The first kappa shape index (κ1) is 23.9. The van der Waals surface area contributed by atoms with Gasteiger partial charge in [0.05, 0.1) is 17.0 Å². The van der Waals surface area contributed by atoms with Crippen LogP contribution in [0, 0.1) is 5.92 Å². The number of thiazole rings is 1. The lowest BCUT2D eigenvalue weighted by Gasteiger charge is -2.15. The van der Waals surface area contributed by atoms with Gasteiger partial charge < -0.3 is 10.4 Å². The molecule has 2 aromatic heterocycles. The number of aliphatic carboxylic acids is 1. The number of aromatic nitrogens is 1. The van der Waals surface area contributed by atoms with Crippen LogP contribution < -0.4 is 10.6 Å². The summed E-state index contributed by atoms with van der Waals surface area (Å²) in [6.45, 7) is 5.17. The molecule has 170 valence electrons. The van der Waals surface area contributed by atoms with Crippen molar-refractivity contribution in [3.05, 3.63) is 62.8 Å². The second-order valence-corrected chi connectivity index (χ2v) is 9.69. The molecule has 0 radical (unpaired) electrons. The third-order valence-electron chi connectivity index (χ3n) is 5.44. The molecule has 6 nitrogen and oxygen atoms in total. The first-order valence-electron chi connectivity index (χ1n) is 10.9. The average molecular weight is 472 g/mol. The number of benzene rings is 1. The maximum atomic E-state index is 12.5. The van der Waals surface area contributed by atoms with Gasteiger partial charge in [-0.2, -0.15) is 0 Å². The first-order chi connectivity index (χ1) is 15.5. The van der Waals surface area contributed by atoms with Gasteiger partial charge >= 0.3 is 5.97 Å². The smallest absolute Gasteiger partial charge is 0.309 e. The highest BCUT2D eigenvalue weighted by Gasteiger charge is 2.13. The second kappa shape index (κ2) is 11.8. The maximum Gasteiger partial charge on any atom is 0.309 e. The van der Waals surface area contributed by atoms with Crippen LogP contribution in [0.15, 0.2) is 41.8 Å². The molecule has 0 unspecified atom stereocenters. The van der Waals surface area contributed by atoms with Crippen molar-refractivity contribution in [3.63, 3.8) is 0 Å². The normalized spacial score (nSPS) is 11.0. The third-order valence-corrected chi connectivity index (χ3v) is 7.33. The van der Waals surface area contributed by atoms with E-state index in [4.69, 9.17) is 5.11 Å². The van der Waals surface area contributed by atoms with Gasteiger partial charge in [0.2, 0.25) is 0 Å². The molecular weight excluding hydrogens is 442 g/mol. The number of aryl methyl sites for hydroxylation is 1. The summed E-state index contributed by atoms with van der Waals surface area (Å²) in [5.74, 6) is -0.414. The van der Waals surface area contributed by atoms with Crippen LogP contribution in [0.3, 0.4) is 0 Å². The van der Waals surface area contributed by atoms with Crippen LogP contribution in [0.25, 0.3) is 0 Å². The number of nitrogens with one attached hydrogen (secondary N) is 2. The topological polar surface area (TPSA) is 91.3 Å². The standard InChI is InChI=1S/C24H29N3O3S2/c1-3-16(4-2)9-10-17-7-5-6-8-20(17)25-14-19-11-12-21(32-19)23(30)27-24-26-18(15-31-24)13-22(28)29/h5-8,11-12,15-16,25H,3-4,9-10,13-14H2,1-2H3,(H,28,29)(H,26,27,30). The van der Waals surface area contributed by atoms with E-state index in [1.165, 1.54) is 47.5 Å². The number of rotatable bonds is 12. The van der Waals surface area contributed by atoms with E-state index in [1.807, 2.05) is 18.2 Å². The van der Waals surface area contributed by atoms with E-state index < -0.39 is 5.97 Å². The van der Waals surface area contributed by atoms with E-state index in [2.05, 4.69) is 47.7 Å². The molecule has 0 saturated heterocycles. The zero-order chi connectivity index (χ0) is 22.9. The number of nitrogens with zero attached hydrogens (tertiary/aromatic N) is 1. The molecule has 1 amide bonds. The van der Waals surface area contributed by atoms with Crippen molar-refractivity contribution in [2.24, 2.45) is 5.92 Å². The van der Waals surface area contributed by atoms with Crippen LogP contribution in [0.2, 0.25) is 0 Å². The van der Waals surface area contributed by atoms with Gasteiger partial charge in [0, 0.05) is 22.5 Å². The molecule has 0 saturated carbocycles. The van der Waals surface area contributed by atoms with E-state index in [9.17, 15) is 9.59 Å². The van der Waals surface area contributed by atoms with Crippen LogP contribution in [-0.2, 0) is 24.2 Å². The number of carboxylic acid groups (broad SMARTS) is 1.